The summed E-state index contributed by atoms with van der Waals surface area (Å²) in [6.07, 6.45) is -0.256. The Morgan fingerprint density at radius 1 is 1.06 bits per heavy atom. The largest absolute Gasteiger partial charge is 0.416 e. The van der Waals surface area contributed by atoms with Gasteiger partial charge in [0.05, 0.1) is 17.7 Å². The first-order valence-electron chi connectivity index (χ1n) is 16.6. The van der Waals surface area contributed by atoms with Crippen molar-refractivity contribution in [1.82, 2.24) is 25.3 Å². The first-order valence-corrected chi connectivity index (χ1v) is 16.6. The van der Waals surface area contributed by atoms with Gasteiger partial charge in [0.1, 0.15) is 17.3 Å². The van der Waals surface area contributed by atoms with Crippen LogP contribution in [0.25, 0.3) is 0 Å². The number of alkyl halides is 3. The first-order chi connectivity index (χ1) is 22.8. The van der Waals surface area contributed by atoms with Crippen molar-refractivity contribution in [1.29, 1.82) is 0 Å². The molecule has 2 amide bonds. The van der Waals surface area contributed by atoms with E-state index >= 15 is 0 Å². The number of hydrogen-bond donors (Lipinski definition) is 3. The number of carbonyl (C=O) groups excluding carboxylic acids is 2. The van der Waals surface area contributed by atoms with Crippen molar-refractivity contribution < 1.29 is 36.6 Å². The van der Waals surface area contributed by atoms with Crippen LogP contribution in [0.4, 0.5) is 22.0 Å². The molecule has 8 nitrogen and oxygen atoms in total. The van der Waals surface area contributed by atoms with Crippen molar-refractivity contribution >= 4 is 11.8 Å². The Bertz CT molecular complexity index is 1580. The van der Waals surface area contributed by atoms with Crippen LogP contribution in [0.15, 0.2) is 48.5 Å². The minimum atomic E-state index is -4.51. The summed E-state index contributed by atoms with van der Waals surface area (Å²) < 4.78 is 69.8. The van der Waals surface area contributed by atoms with Crippen LogP contribution in [-0.4, -0.2) is 62.9 Å². The molecule has 1 aliphatic heterocycles. The van der Waals surface area contributed by atoms with E-state index in [1.807, 2.05) is 4.90 Å². The second-order valence-electron chi connectivity index (χ2n) is 12.8. The Hall–Kier alpha value is -3.84. The Labute approximate surface area is 276 Å². The van der Waals surface area contributed by atoms with E-state index in [0.29, 0.717) is 37.6 Å². The minimum absolute atomic E-state index is 0.0533. The smallest absolute Gasteiger partial charge is 0.390 e. The minimum Gasteiger partial charge on any atom is -0.390 e. The fraction of sp³-hybridized carbons (Fsp3) is 0.514. The van der Waals surface area contributed by atoms with Gasteiger partial charge in [-0.05, 0) is 87.3 Å². The van der Waals surface area contributed by atoms with Crippen LogP contribution in [0.1, 0.15) is 96.5 Å². The maximum absolute atomic E-state index is 14.1. The van der Waals surface area contributed by atoms with E-state index in [9.17, 15) is 36.6 Å². The quantitative estimate of drug-likeness (QED) is 0.194. The molecule has 2 aromatic carbocycles. The summed E-state index contributed by atoms with van der Waals surface area (Å²) in [4.78, 5) is 29.1. The summed E-state index contributed by atoms with van der Waals surface area (Å²) in [6.45, 7) is 4.69. The first kappa shape index (κ1) is 35.5. The van der Waals surface area contributed by atoms with Gasteiger partial charge in [-0.15, -0.1) is 0 Å². The lowest BCUT2D eigenvalue weighted by Gasteiger charge is -2.35. The number of nitrogens with one attached hydrogen (secondary N) is 2. The monoisotopic (exact) mass is 675 g/mol. The van der Waals surface area contributed by atoms with Gasteiger partial charge in [0.15, 0.2) is 5.69 Å². The predicted molar refractivity (Wildman–Crippen MR) is 169 cm³/mol. The highest BCUT2D eigenvalue weighted by Gasteiger charge is 2.45. The van der Waals surface area contributed by atoms with Crippen molar-refractivity contribution in [2.24, 2.45) is 0 Å². The fourth-order valence-electron chi connectivity index (χ4n) is 6.63. The third-order valence-electron chi connectivity index (χ3n) is 9.34. The number of aryl methyl sites for hydroxylation is 1. The van der Waals surface area contributed by atoms with Crippen LogP contribution < -0.4 is 10.6 Å². The van der Waals surface area contributed by atoms with Crippen molar-refractivity contribution in [3.05, 3.63) is 88.2 Å². The molecule has 5 rings (SSSR count). The molecule has 2 aliphatic rings. The molecule has 2 heterocycles. The number of amides is 2. The van der Waals surface area contributed by atoms with Crippen LogP contribution in [0.5, 0.6) is 0 Å². The van der Waals surface area contributed by atoms with E-state index in [1.165, 1.54) is 16.8 Å². The number of hydrogen-bond acceptors (Lipinski definition) is 5. The maximum Gasteiger partial charge on any atom is 0.416 e. The Kier molecular flexibility index (Phi) is 10.9. The average molecular weight is 676 g/mol. The number of benzene rings is 2. The lowest BCUT2D eigenvalue weighted by atomic mass is 9.97. The second-order valence-corrected chi connectivity index (χ2v) is 12.8. The summed E-state index contributed by atoms with van der Waals surface area (Å²) in [6, 6.07) is 8.37. The molecular weight excluding hydrogens is 633 g/mol. The fourth-order valence-corrected chi connectivity index (χ4v) is 6.63. The maximum atomic E-state index is 14.1. The normalized spacial score (nSPS) is 18.8. The highest BCUT2D eigenvalue weighted by atomic mass is 19.4. The Morgan fingerprint density at radius 2 is 1.79 bits per heavy atom. The van der Waals surface area contributed by atoms with Gasteiger partial charge in [-0.1, -0.05) is 25.5 Å². The second kappa shape index (κ2) is 14.7. The van der Waals surface area contributed by atoms with Crippen LogP contribution in [-0.2, 0) is 24.7 Å². The SMILES string of the molecule is CCCC1CCCCN1C(=O)c1cc(C(=O)N[C@@H](Cc2cc(F)cc(F)c2)[C@@H](O)CNC2(c3cccc(C(F)(F)F)c3)CC2)nn1CC. The molecular formula is C35H42F5N5O3. The number of rotatable bonds is 13. The molecule has 0 radical (unpaired) electrons. The molecule has 48 heavy (non-hydrogen) atoms. The Morgan fingerprint density at radius 3 is 2.44 bits per heavy atom. The van der Waals surface area contributed by atoms with Gasteiger partial charge in [-0.25, -0.2) is 8.78 Å². The van der Waals surface area contributed by atoms with Crippen molar-refractivity contribution in [3.63, 3.8) is 0 Å². The van der Waals surface area contributed by atoms with Crippen LogP contribution in [0.2, 0.25) is 0 Å². The summed E-state index contributed by atoms with van der Waals surface area (Å²) in [5.41, 5.74) is -0.748. The molecule has 13 heteroatoms. The number of nitrogens with zero attached hydrogens (tertiary/aromatic N) is 3. The zero-order valence-corrected chi connectivity index (χ0v) is 27.1. The van der Waals surface area contributed by atoms with Crippen molar-refractivity contribution in [2.75, 3.05) is 13.1 Å². The number of aliphatic hydroxyl groups excluding tert-OH is 1. The van der Waals surface area contributed by atoms with E-state index in [4.69, 9.17) is 0 Å². The van der Waals surface area contributed by atoms with Gasteiger partial charge in [-0.2, -0.15) is 18.3 Å². The molecule has 0 spiro atoms. The average Bonchev–Trinajstić information content (AvgIpc) is 3.72. The van der Waals surface area contributed by atoms with Crippen LogP contribution in [0.3, 0.4) is 0 Å². The molecule has 260 valence electrons. The van der Waals surface area contributed by atoms with Gasteiger partial charge in [0, 0.05) is 43.3 Å². The number of carbonyl (C=O) groups is 2. The number of aromatic nitrogens is 2. The van der Waals surface area contributed by atoms with Crippen molar-refractivity contribution in [2.45, 2.75) is 102 Å². The Balaban J connectivity index is 1.35. The summed E-state index contributed by atoms with van der Waals surface area (Å²) in [7, 11) is 0. The summed E-state index contributed by atoms with van der Waals surface area (Å²) in [5, 5.41) is 21.6. The third kappa shape index (κ3) is 8.23. The van der Waals surface area contributed by atoms with Gasteiger partial charge in [-0.3, -0.25) is 14.3 Å². The predicted octanol–water partition coefficient (Wildman–Crippen LogP) is 5.98. The van der Waals surface area contributed by atoms with Gasteiger partial charge in [0.2, 0.25) is 0 Å². The standard InChI is InChI=1S/C35H42F5N5O3/c1-3-8-27-11-5-6-14-44(27)33(48)30-20-29(43-45(30)4-2)32(47)42-28(17-22-15-25(36)19-26(37)16-22)31(46)21-41-34(12-13-34)23-9-7-10-24(18-23)35(38,39)40/h7,9-10,15-16,18-20,27-28,31,41,46H,3-6,8,11-14,17,21H2,1-2H3,(H,42,47)/t27?,28-,31-/m0/s1. The summed E-state index contributed by atoms with van der Waals surface area (Å²) in [5.74, 6) is -2.55. The van der Waals surface area contributed by atoms with E-state index in [-0.39, 0.29) is 41.9 Å². The number of piperidine rings is 1. The zero-order chi connectivity index (χ0) is 34.6. The van der Waals surface area contributed by atoms with Gasteiger partial charge in [0.25, 0.3) is 11.8 Å². The highest BCUT2D eigenvalue weighted by Crippen LogP contribution is 2.46. The van der Waals surface area contributed by atoms with Gasteiger partial charge >= 0.3 is 6.18 Å². The molecule has 1 saturated heterocycles. The molecule has 3 N–H and O–H groups in total. The van der Waals surface area contributed by atoms with E-state index in [1.54, 1.807) is 13.0 Å². The highest BCUT2D eigenvalue weighted by molar-refractivity contribution is 5.98. The molecule has 1 aliphatic carbocycles. The molecule has 1 unspecified atom stereocenters. The lowest BCUT2D eigenvalue weighted by molar-refractivity contribution is -0.137. The van der Waals surface area contributed by atoms with Crippen LogP contribution in [0, 0.1) is 11.6 Å². The van der Waals surface area contributed by atoms with Crippen molar-refractivity contribution in [3.8, 4) is 0 Å². The molecule has 3 aromatic rings. The zero-order valence-electron chi connectivity index (χ0n) is 27.1. The molecule has 3 atom stereocenters. The lowest BCUT2D eigenvalue weighted by Crippen LogP contribution is -2.50. The molecule has 0 bridgehead atoms. The number of aliphatic hydroxyl groups is 1. The van der Waals surface area contributed by atoms with Gasteiger partial charge < -0.3 is 20.6 Å². The number of likely N-dealkylation sites (tertiary alicyclic amines) is 1. The van der Waals surface area contributed by atoms with E-state index < -0.39 is 47.0 Å². The third-order valence-corrected chi connectivity index (χ3v) is 9.34. The number of halogens is 5. The molecule has 1 aromatic heterocycles. The topological polar surface area (TPSA) is 99.5 Å². The van der Waals surface area contributed by atoms with Crippen LogP contribution >= 0.6 is 0 Å². The molecule has 1 saturated carbocycles. The molecule has 2 fully saturated rings. The van der Waals surface area contributed by atoms with E-state index in [2.05, 4.69) is 22.7 Å². The summed E-state index contributed by atoms with van der Waals surface area (Å²) >= 11 is 0. The van der Waals surface area contributed by atoms with E-state index in [0.717, 1.165) is 56.4 Å².